The number of aliphatic carboxylic acids is 1. The number of rotatable bonds is 10. The first-order chi connectivity index (χ1) is 12.5. The van der Waals surface area contributed by atoms with E-state index in [2.05, 4.69) is 15.5 Å². The lowest BCUT2D eigenvalue weighted by molar-refractivity contribution is -0.148. The Balaban J connectivity index is 1.96. The Kier molecular flexibility index (Phi) is 6.89. The predicted molar refractivity (Wildman–Crippen MR) is 95.4 cm³/mol. The fourth-order valence-electron chi connectivity index (χ4n) is 2.83. The number of benzene rings is 1. The van der Waals surface area contributed by atoms with E-state index in [0.717, 1.165) is 12.8 Å². The van der Waals surface area contributed by atoms with Crippen molar-refractivity contribution in [2.24, 2.45) is 0 Å². The van der Waals surface area contributed by atoms with E-state index in [1.165, 1.54) is 0 Å². The van der Waals surface area contributed by atoms with E-state index in [4.69, 9.17) is 4.52 Å². The molecule has 1 unspecified atom stereocenters. The molecule has 140 valence electrons. The molecule has 0 aliphatic carbocycles. The summed E-state index contributed by atoms with van der Waals surface area (Å²) in [5.74, 6) is -0.205. The molecule has 0 aliphatic heterocycles. The van der Waals surface area contributed by atoms with Crippen molar-refractivity contribution in [2.75, 3.05) is 0 Å². The Hall–Kier alpha value is -2.70. The molecule has 1 heterocycles. The molecule has 1 aromatic carbocycles. The Labute approximate surface area is 152 Å². The normalized spacial score (nSPS) is 13.2. The fraction of sp³-hybridized carbons (Fsp3) is 0.474. The molecule has 0 spiro atoms. The Bertz CT molecular complexity index is 729. The molecule has 2 aromatic rings. The number of aryl methyl sites for hydroxylation is 2. The molecule has 0 radical (unpaired) electrons. The molecule has 0 saturated heterocycles. The number of carboxylic acid groups (broad SMARTS) is 1. The summed E-state index contributed by atoms with van der Waals surface area (Å²) in [6.07, 6.45) is 3.14. The number of aromatic nitrogens is 2. The molecule has 7 nitrogen and oxygen atoms in total. The van der Waals surface area contributed by atoms with Crippen LogP contribution in [-0.2, 0) is 28.0 Å². The van der Waals surface area contributed by atoms with Crippen LogP contribution in [0.3, 0.4) is 0 Å². The minimum absolute atomic E-state index is 0.188. The number of nitrogens with one attached hydrogen (secondary N) is 1. The highest BCUT2D eigenvalue weighted by Crippen LogP contribution is 2.25. The van der Waals surface area contributed by atoms with Crippen LogP contribution in [0.25, 0.3) is 0 Å². The van der Waals surface area contributed by atoms with Gasteiger partial charge in [-0.05, 0) is 24.8 Å². The summed E-state index contributed by atoms with van der Waals surface area (Å²) in [6.45, 7) is 3.78. The molecule has 26 heavy (non-hydrogen) atoms. The van der Waals surface area contributed by atoms with Crippen molar-refractivity contribution in [1.29, 1.82) is 0 Å². The van der Waals surface area contributed by atoms with Crippen molar-refractivity contribution in [3.8, 4) is 0 Å². The van der Waals surface area contributed by atoms with E-state index in [1.54, 1.807) is 31.2 Å². The lowest BCUT2D eigenvalue weighted by Crippen LogP contribution is -2.51. The minimum atomic E-state index is -1.42. The molecule has 0 aliphatic rings. The van der Waals surface area contributed by atoms with Gasteiger partial charge in [-0.2, -0.15) is 4.98 Å². The third-order valence-corrected chi connectivity index (χ3v) is 4.29. The second-order valence-electron chi connectivity index (χ2n) is 6.19. The van der Waals surface area contributed by atoms with Gasteiger partial charge >= 0.3 is 5.97 Å². The highest BCUT2D eigenvalue weighted by molar-refractivity contribution is 5.88. The number of nitrogens with zero attached hydrogens (tertiary/aromatic N) is 2. The zero-order chi connectivity index (χ0) is 19.0. The average Bonchev–Trinajstić information content (AvgIpc) is 3.08. The van der Waals surface area contributed by atoms with Gasteiger partial charge in [0.1, 0.15) is 0 Å². The molecule has 0 saturated carbocycles. The number of amides is 1. The van der Waals surface area contributed by atoms with E-state index in [0.29, 0.717) is 30.1 Å². The monoisotopic (exact) mass is 359 g/mol. The van der Waals surface area contributed by atoms with Crippen molar-refractivity contribution in [3.05, 3.63) is 47.6 Å². The van der Waals surface area contributed by atoms with Crippen LogP contribution in [0.5, 0.6) is 0 Å². The summed E-state index contributed by atoms with van der Waals surface area (Å²) in [7, 11) is 0. The lowest BCUT2D eigenvalue weighted by atomic mass is 9.87. The maximum atomic E-state index is 12.4. The average molecular weight is 359 g/mol. The molecule has 2 N–H and O–H groups in total. The number of carboxylic acids is 1. The smallest absolute Gasteiger partial charge is 0.334 e. The molecule has 0 fully saturated rings. The number of hydrogen-bond donors (Lipinski definition) is 2. The first-order valence-corrected chi connectivity index (χ1v) is 8.93. The third kappa shape index (κ3) is 4.68. The number of carbonyl (C=O) groups is 2. The van der Waals surface area contributed by atoms with Crippen LogP contribution in [0, 0.1) is 0 Å². The first kappa shape index (κ1) is 19.6. The summed E-state index contributed by atoms with van der Waals surface area (Å²) < 4.78 is 5.14. The molecule has 0 bridgehead atoms. The fourth-order valence-corrected chi connectivity index (χ4v) is 2.83. The predicted octanol–water partition coefficient (Wildman–Crippen LogP) is 2.85. The summed E-state index contributed by atoms with van der Waals surface area (Å²) in [6, 6.07) is 8.76. The van der Waals surface area contributed by atoms with Crippen LogP contribution >= 0.6 is 0 Å². The molecule has 1 atom stereocenters. The Morgan fingerprint density at radius 1 is 1.19 bits per heavy atom. The van der Waals surface area contributed by atoms with E-state index in [-0.39, 0.29) is 18.7 Å². The summed E-state index contributed by atoms with van der Waals surface area (Å²) >= 11 is 0. The van der Waals surface area contributed by atoms with Gasteiger partial charge in [-0.15, -0.1) is 0 Å². The van der Waals surface area contributed by atoms with Crippen molar-refractivity contribution >= 4 is 11.9 Å². The quantitative estimate of drug-likeness (QED) is 0.676. The maximum absolute atomic E-state index is 12.4. The van der Waals surface area contributed by atoms with Crippen LogP contribution in [0.15, 0.2) is 34.9 Å². The van der Waals surface area contributed by atoms with Gasteiger partial charge in [0.15, 0.2) is 11.4 Å². The zero-order valence-corrected chi connectivity index (χ0v) is 15.2. The number of hydrogen-bond acceptors (Lipinski definition) is 5. The zero-order valence-electron chi connectivity index (χ0n) is 15.2. The Morgan fingerprint density at radius 2 is 1.92 bits per heavy atom. The van der Waals surface area contributed by atoms with Crippen LogP contribution in [0.4, 0.5) is 0 Å². The summed E-state index contributed by atoms with van der Waals surface area (Å²) in [5, 5.41) is 16.3. The summed E-state index contributed by atoms with van der Waals surface area (Å²) in [4.78, 5) is 28.5. The highest BCUT2D eigenvalue weighted by Gasteiger charge is 2.39. The molecular formula is C19H25N3O4. The SMILES string of the molecule is CCCc1noc(CCCC(=O)NC(CC)(C(=O)O)c2ccccc2)n1. The number of carbonyl (C=O) groups excluding carboxylic acids is 1. The van der Waals surface area contributed by atoms with E-state index in [1.807, 2.05) is 13.0 Å². The minimum Gasteiger partial charge on any atom is -0.479 e. The van der Waals surface area contributed by atoms with E-state index >= 15 is 0 Å². The van der Waals surface area contributed by atoms with Crippen LogP contribution in [0.2, 0.25) is 0 Å². The van der Waals surface area contributed by atoms with Gasteiger partial charge in [-0.25, -0.2) is 4.79 Å². The highest BCUT2D eigenvalue weighted by atomic mass is 16.5. The van der Waals surface area contributed by atoms with Crippen molar-refractivity contribution < 1.29 is 19.2 Å². The van der Waals surface area contributed by atoms with Crippen LogP contribution < -0.4 is 5.32 Å². The van der Waals surface area contributed by atoms with Crippen molar-refractivity contribution in [3.63, 3.8) is 0 Å². The molecular weight excluding hydrogens is 334 g/mol. The van der Waals surface area contributed by atoms with Crippen LogP contribution in [0.1, 0.15) is 56.8 Å². The summed E-state index contributed by atoms with van der Waals surface area (Å²) in [5.41, 5.74) is -0.860. The second-order valence-corrected chi connectivity index (χ2v) is 6.19. The van der Waals surface area contributed by atoms with Gasteiger partial charge in [-0.1, -0.05) is 49.3 Å². The first-order valence-electron chi connectivity index (χ1n) is 8.93. The van der Waals surface area contributed by atoms with E-state index < -0.39 is 11.5 Å². The topological polar surface area (TPSA) is 105 Å². The van der Waals surface area contributed by atoms with Gasteiger partial charge in [0.25, 0.3) is 0 Å². The van der Waals surface area contributed by atoms with Crippen molar-refractivity contribution in [2.45, 2.75) is 57.9 Å². The van der Waals surface area contributed by atoms with Gasteiger partial charge in [0.05, 0.1) is 0 Å². The maximum Gasteiger partial charge on any atom is 0.334 e. The van der Waals surface area contributed by atoms with Gasteiger partial charge in [-0.3, -0.25) is 4.79 Å². The third-order valence-electron chi connectivity index (χ3n) is 4.29. The molecule has 1 aromatic heterocycles. The second kappa shape index (κ2) is 9.12. The van der Waals surface area contributed by atoms with Gasteiger partial charge in [0, 0.05) is 19.3 Å². The van der Waals surface area contributed by atoms with Crippen LogP contribution in [-0.4, -0.2) is 27.1 Å². The van der Waals surface area contributed by atoms with Gasteiger partial charge < -0.3 is 14.9 Å². The Morgan fingerprint density at radius 3 is 2.54 bits per heavy atom. The lowest BCUT2D eigenvalue weighted by Gasteiger charge is -2.30. The molecule has 7 heteroatoms. The molecule has 1 amide bonds. The molecule has 2 rings (SSSR count). The van der Waals surface area contributed by atoms with Gasteiger partial charge in [0.2, 0.25) is 11.8 Å². The van der Waals surface area contributed by atoms with Crippen molar-refractivity contribution in [1.82, 2.24) is 15.5 Å². The standard InChI is InChI=1S/C19H25N3O4/c1-3-9-15-20-17(26-22-15)13-8-12-16(23)21-19(4-2,18(24)25)14-10-6-5-7-11-14/h5-7,10-11H,3-4,8-9,12-13H2,1-2H3,(H,21,23)(H,24,25). The van der Waals surface area contributed by atoms with E-state index in [9.17, 15) is 14.7 Å². The largest absolute Gasteiger partial charge is 0.479 e.